The van der Waals surface area contributed by atoms with E-state index < -0.39 is 4.92 Å². The number of aromatic nitrogens is 5. The number of carbonyl (C=O) groups excluding carboxylic acids is 1. The highest BCUT2D eigenvalue weighted by Gasteiger charge is 2.27. The van der Waals surface area contributed by atoms with Crippen LogP contribution in [-0.2, 0) is 17.9 Å². The molecule has 0 aliphatic heterocycles. The Bertz CT molecular complexity index is 725. The second kappa shape index (κ2) is 7.19. The first kappa shape index (κ1) is 16.9. The van der Waals surface area contributed by atoms with E-state index in [1.165, 1.54) is 10.9 Å². The Hall–Kier alpha value is -2.47. The van der Waals surface area contributed by atoms with E-state index in [2.05, 4.69) is 15.3 Å². The number of nitrogens with zero attached hydrogens (tertiary/aromatic N) is 6. The van der Waals surface area contributed by atoms with Crippen molar-refractivity contribution in [1.29, 1.82) is 0 Å². The van der Waals surface area contributed by atoms with Crippen LogP contribution < -0.4 is 11.3 Å². The fourth-order valence-corrected chi connectivity index (χ4v) is 2.82. The van der Waals surface area contributed by atoms with Crippen molar-refractivity contribution in [2.45, 2.75) is 32.1 Å². The second-order valence-corrected chi connectivity index (χ2v) is 5.30. The quantitative estimate of drug-likeness (QED) is 0.238. The molecule has 23 heavy (non-hydrogen) atoms. The van der Waals surface area contributed by atoms with Gasteiger partial charge in [-0.15, -0.1) is 10.2 Å². The van der Waals surface area contributed by atoms with Gasteiger partial charge in [0.2, 0.25) is 5.91 Å². The number of nitrogens with two attached hydrogens (primary N) is 1. The molecule has 0 unspecified atom stereocenters. The number of nitro groups is 1. The molecule has 12 heteroatoms. The summed E-state index contributed by atoms with van der Waals surface area (Å²) in [5.41, 5.74) is 2.19. The predicted octanol–water partition coefficient (Wildman–Crippen LogP) is 0.172. The van der Waals surface area contributed by atoms with Crippen LogP contribution in [0, 0.1) is 10.1 Å². The molecule has 0 aromatic carbocycles. The average molecular weight is 340 g/mol. The first-order chi connectivity index (χ1) is 11.0. The van der Waals surface area contributed by atoms with Crippen molar-refractivity contribution in [1.82, 2.24) is 30.0 Å². The topological polar surface area (TPSA) is 147 Å². The van der Waals surface area contributed by atoms with Gasteiger partial charge < -0.3 is 4.57 Å². The maximum atomic E-state index is 11.2. The zero-order chi connectivity index (χ0) is 17.0. The first-order valence-electron chi connectivity index (χ1n) is 6.79. The minimum Gasteiger partial charge on any atom is -0.301 e. The maximum Gasteiger partial charge on any atom is 0.318 e. The number of carbonyl (C=O) groups is 1. The fourth-order valence-electron chi connectivity index (χ4n) is 2.01. The summed E-state index contributed by atoms with van der Waals surface area (Å²) < 4.78 is 3.19. The molecule has 0 saturated carbocycles. The predicted molar refractivity (Wildman–Crippen MR) is 82.3 cm³/mol. The smallest absolute Gasteiger partial charge is 0.301 e. The Kier molecular flexibility index (Phi) is 5.28. The summed E-state index contributed by atoms with van der Waals surface area (Å²) in [6.07, 6.45) is 1.20. The summed E-state index contributed by atoms with van der Waals surface area (Å²) in [7, 11) is 0. The number of hydrogen-bond donors (Lipinski definition) is 2. The molecule has 0 fully saturated rings. The molecular formula is C11H16N8O3S. The lowest BCUT2D eigenvalue weighted by atomic mass is 10.3. The molecule has 0 aliphatic rings. The van der Waals surface area contributed by atoms with Gasteiger partial charge in [0.1, 0.15) is 6.20 Å². The third-order valence-electron chi connectivity index (χ3n) is 3.05. The largest absolute Gasteiger partial charge is 0.318 e. The first-order valence-corrected chi connectivity index (χ1v) is 7.78. The van der Waals surface area contributed by atoms with E-state index in [0.29, 0.717) is 29.8 Å². The van der Waals surface area contributed by atoms with Gasteiger partial charge in [-0.05, 0) is 13.8 Å². The molecule has 11 nitrogen and oxygen atoms in total. The minimum atomic E-state index is -0.502. The number of rotatable bonds is 7. The highest BCUT2D eigenvalue weighted by molar-refractivity contribution is 7.99. The molecule has 0 aliphatic carbocycles. The van der Waals surface area contributed by atoms with Gasteiger partial charge in [-0.1, -0.05) is 11.8 Å². The normalized spacial score (nSPS) is 10.7. The molecule has 0 radical (unpaired) electrons. The van der Waals surface area contributed by atoms with Crippen LogP contribution in [0.25, 0.3) is 11.5 Å². The zero-order valence-electron chi connectivity index (χ0n) is 12.6. The summed E-state index contributed by atoms with van der Waals surface area (Å²) in [4.78, 5) is 22.0. The van der Waals surface area contributed by atoms with Crippen LogP contribution in [-0.4, -0.2) is 41.1 Å². The van der Waals surface area contributed by atoms with Gasteiger partial charge in [-0.3, -0.25) is 25.0 Å². The molecule has 2 aromatic rings. The van der Waals surface area contributed by atoms with E-state index in [0.717, 1.165) is 11.8 Å². The molecule has 2 aromatic heterocycles. The SMILES string of the molecule is CCn1ncc([N+](=O)[O-])c1-c1nnc(SCC(=O)NN)n1CC. The van der Waals surface area contributed by atoms with Crippen molar-refractivity contribution in [3.05, 3.63) is 16.3 Å². The monoisotopic (exact) mass is 340 g/mol. The van der Waals surface area contributed by atoms with E-state index in [1.54, 1.807) is 4.57 Å². The summed E-state index contributed by atoms with van der Waals surface area (Å²) in [5, 5.41) is 23.8. The molecule has 3 N–H and O–H groups in total. The van der Waals surface area contributed by atoms with Gasteiger partial charge in [0, 0.05) is 13.1 Å². The molecule has 0 spiro atoms. The highest BCUT2D eigenvalue weighted by Crippen LogP contribution is 2.30. The van der Waals surface area contributed by atoms with Crippen molar-refractivity contribution >= 4 is 23.4 Å². The van der Waals surface area contributed by atoms with Crippen LogP contribution >= 0.6 is 11.8 Å². The summed E-state index contributed by atoms with van der Waals surface area (Å²) in [6, 6.07) is 0. The van der Waals surface area contributed by atoms with Crippen molar-refractivity contribution in [3.63, 3.8) is 0 Å². The van der Waals surface area contributed by atoms with Gasteiger partial charge in [0.05, 0.1) is 10.7 Å². The van der Waals surface area contributed by atoms with Gasteiger partial charge >= 0.3 is 5.69 Å². The van der Waals surface area contributed by atoms with Gasteiger partial charge in [-0.2, -0.15) is 5.10 Å². The number of hydrogen-bond acceptors (Lipinski definition) is 8. The molecule has 2 rings (SSSR count). The number of thioether (sulfide) groups is 1. The van der Waals surface area contributed by atoms with E-state index in [4.69, 9.17) is 5.84 Å². The van der Waals surface area contributed by atoms with Crippen molar-refractivity contribution in [3.8, 4) is 11.5 Å². The Morgan fingerprint density at radius 2 is 2.17 bits per heavy atom. The van der Waals surface area contributed by atoms with Gasteiger partial charge in [-0.25, -0.2) is 5.84 Å². The molecular weight excluding hydrogens is 324 g/mol. The Balaban J connectivity index is 2.45. The standard InChI is InChI=1S/C11H16N8O3S/c1-3-17-10(15-16-11(17)23-6-8(20)14-12)9-7(19(21)22)5-13-18(9)4-2/h5H,3-4,6,12H2,1-2H3,(H,14,20). The number of amides is 1. The highest BCUT2D eigenvalue weighted by atomic mass is 32.2. The van der Waals surface area contributed by atoms with Gasteiger partial charge in [0.15, 0.2) is 16.7 Å². The molecule has 124 valence electrons. The number of aryl methyl sites for hydroxylation is 1. The third-order valence-corrected chi connectivity index (χ3v) is 4.02. The van der Waals surface area contributed by atoms with E-state index >= 15 is 0 Å². The lowest BCUT2D eigenvalue weighted by Crippen LogP contribution is -2.31. The number of hydrazine groups is 1. The Morgan fingerprint density at radius 1 is 1.43 bits per heavy atom. The Labute approximate surface area is 135 Å². The van der Waals surface area contributed by atoms with Gasteiger partial charge in [0.25, 0.3) is 0 Å². The van der Waals surface area contributed by atoms with Crippen LogP contribution in [0.5, 0.6) is 0 Å². The van der Waals surface area contributed by atoms with Crippen LogP contribution in [0.4, 0.5) is 5.69 Å². The van der Waals surface area contributed by atoms with Crippen LogP contribution in [0.15, 0.2) is 11.4 Å². The molecule has 0 atom stereocenters. The minimum absolute atomic E-state index is 0.0732. The lowest BCUT2D eigenvalue weighted by Gasteiger charge is -2.08. The summed E-state index contributed by atoms with van der Waals surface area (Å²) in [5.74, 6) is 5.10. The zero-order valence-corrected chi connectivity index (χ0v) is 13.4. The van der Waals surface area contributed by atoms with E-state index in [1.807, 2.05) is 19.3 Å². The molecule has 2 heterocycles. The van der Waals surface area contributed by atoms with Crippen LogP contribution in [0.2, 0.25) is 0 Å². The van der Waals surface area contributed by atoms with Crippen molar-refractivity contribution < 1.29 is 9.72 Å². The van der Waals surface area contributed by atoms with Crippen LogP contribution in [0.3, 0.4) is 0 Å². The van der Waals surface area contributed by atoms with Crippen molar-refractivity contribution in [2.24, 2.45) is 5.84 Å². The summed E-state index contributed by atoms with van der Waals surface area (Å²) >= 11 is 1.15. The fraction of sp³-hybridized carbons (Fsp3) is 0.455. The number of nitrogens with one attached hydrogen (secondary N) is 1. The second-order valence-electron chi connectivity index (χ2n) is 4.36. The lowest BCUT2D eigenvalue weighted by molar-refractivity contribution is -0.384. The van der Waals surface area contributed by atoms with Crippen LogP contribution in [0.1, 0.15) is 13.8 Å². The van der Waals surface area contributed by atoms with Crippen molar-refractivity contribution in [2.75, 3.05) is 5.75 Å². The summed E-state index contributed by atoms with van der Waals surface area (Å²) in [6.45, 7) is 4.63. The average Bonchev–Trinajstić information content (AvgIpc) is 3.14. The third kappa shape index (κ3) is 3.32. The Morgan fingerprint density at radius 3 is 2.74 bits per heavy atom. The van der Waals surface area contributed by atoms with E-state index in [-0.39, 0.29) is 17.3 Å². The molecule has 1 amide bonds. The maximum absolute atomic E-state index is 11.2. The van der Waals surface area contributed by atoms with E-state index in [9.17, 15) is 14.9 Å². The molecule has 0 saturated heterocycles. The molecule has 0 bridgehead atoms.